The molecule has 0 aromatic heterocycles. The van der Waals surface area contributed by atoms with Gasteiger partial charge in [-0.25, -0.2) is 0 Å². The molecule has 0 saturated heterocycles. The lowest BCUT2D eigenvalue weighted by Gasteiger charge is -2.08. The van der Waals surface area contributed by atoms with Gasteiger partial charge in [-0.05, 0) is 52.8 Å². The molecule has 0 unspecified atom stereocenters. The summed E-state index contributed by atoms with van der Waals surface area (Å²) >= 11 is 14.1. The van der Waals surface area contributed by atoms with Crippen molar-refractivity contribution in [3.8, 4) is 0 Å². The van der Waals surface area contributed by atoms with Gasteiger partial charge < -0.3 is 0 Å². The van der Waals surface area contributed by atoms with E-state index < -0.39 is 0 Å². The molecule has 19 heavy (non-hydrogen) atoms. The first kappa shape index (κ1) is 14.8. The molecule has 4 heteroatoms. The number of aryl methyl sites for hydroxylation is 1. The first-order chi connectivity index (χ1) is 8.99. The normalized spacial score (nSPS) is 10.5. The van der Waals surface area contributed by atoms with Gasteiger partial charge in [0.2, 0.25) is 0 Å². The molecule has 0 heterocycles. The number of halogens is 3. The predicted octanol–water partition coefficient (Wildman–Crippen LogP) is 5.33. The standard InChI is InChI=1S/C15H11Cl2IO/c1-9-3-2-4-12(15(9)18)14(19)7-10-5-6-11(16)8-13(10)17/h2-6,8H,7H2,1H3. The van der Waals surface area contributed by atoms with Crippen molar-refractivity contribution in [3.63, 3.8) is 0 Å². The van der Waals surface area contributed by atoms with Crippen LogP contribution >= 0.6 is 45.8 Å². The third-order valence-electron chi connectivity index (χ3n) is 2.86. The van der Waals surface area contributed by atoms with Crippen LogP contribution in [0.5, 0.6) is 0 Å². The van der Waals surface area contributed by atoms with E-state index in [1.807, 2.05) is 25.1 Å². The summed E-state index contributed by atoms with van der Waals surface area (Å²) in [7, 11) is 0. The van der Waals surface area contributed by atoms with Gasteiger partial charge >= 0.3 is 0 Å². The van der Waals surface area contributed by atoms with E-state index in [4.69, 9.17) is 23.2 Å². The largest absolute Gasteiger partial charge is 0.294 e. The van der Waals surface area contributed by atoms with Crippen molar-refractivity contribution in [1.82, 2.24) is 0 Å². The Balaban J connectivity index is 2.28. The number of hydrogen-bond donors (Lipinski definition) is 0. The van der Waals surface area contributed by atoms with Crippen LogP contribution in [0.1, 0.15) is 21.5 Å². The molecular formula is C15H11Cl2IO. The van der Waals surface area contributed by atoms with Gasteiger partial charge in [-0.1, -0.05) is 47.5 Å². The summed E-state index contributed by atoms with van der Waals surface area (Å²) in [6.45, 7) is 1.99. The van der Waals surface area contributed by atoms with Gasteiger partial charge in [-0.3, -0.25) is 4.79 Å². The van der Waals surface area contributed by atoms with Crippen molar-refractivity contribution >= 4 is 51.6 Å². The van der Waals surface area contributed by atoms with Gasteiger partial charge in [-0.2, -0.15) is 0 Å². The van der Waals surface area contributed by atoms with E-state index in [9.17, 15) is 4.79 Å². The van der Waals surface area contributed by atoms with Crippen LogP contribution in [0.2, 0.25) is 10.0 Å². The molecule has 0 spiro atoms. The highest BCUT2D eigenvalue weighted by Crippen LogP contribution is 2.24. The SMILES string of the molecule is Cc1cccc(C(=O)Cc2ccc(Cl)cc2Cl)c1I. The van der Waals surface area contributed by atoms with Crippen LogP contribution in [0.4, 0.5) is 0 Å². The molecule has 1 nitrogen and oxygen atoms in total. The fourth-order valence-electron chi connectivity index (χ4n) is 1.80. The van der Waals surface area contributed by atoms with Crippen molar-refractivity contribution in [2.75, 3.05) is 0 Å². The molecule has 0 radical (unpaired) electrons. The minimum absolute atomic E-state index is 0.0670. The maximum absolute atomic E-state index is 12.3. The first-order valence-electron chi connectivity index (χ1n) is 5.71. The van der Waals surface area contributed by atoms with E-state index in [2.05, 4.69) is 22.6 Å². The quantitative estimate of drug-likeness (QED) is 0.499. The van der Waals surface area contributed by atoms with Crippen LogP contribution in [-0.4, -0.2) is 5.78 Å². The molecule has 0 aliphatic heterocycles. The van der Waals surface area contributed by atoms with E-state index in [1.165, 1.54) is 0 Å². The summed E-state index contributed by atoms with van der Waals surface area (Å²) in [5.41, 5.74) is 2.65. The Bertz CT molecular complexity index is 638. The zero-order valence-electron chi connectivity index (χ0n) is 10.2. The smallest absolute Gasteiger partial charge is 0.168 e. The number of rotatable bonds is 3. The molecule has 98 valence electrons. The van der Waals surface area contributed by atoms with Crippen LogP contribution in [0.15, 0.2) is 36.4 Å². The number of Topliss-reactive ketones (excluding diaryl/α,β-unsaturated/α-hetero) is 1. The molecule has 0 aliphatic rings. The highest BCUT2D eigenvalue weighted by atomic mass is 127. The Morgan fingerprint density at radius 2 is 1.95 bits per heavy atom. The third-order valence-corrected chi connectivity index (χ3v) is 4.88. The first-order valence-corrected chi connectivity index (χ1v) is 7.54. The summed E-state index contributed by atoms with van der Waals surface area (Å²) in [5.74, 6) is 0.0670. The zero-order valence-corrected chi connectivity index (χ0v) is 13.9. The minimum Gasteiger partial charge on any atom is -0.294 e. The summed E-state index contributed by atoms with van der Waals surface area (Å²) in [6.07, 6.45) is 0.287. The Morgan fingerprint density at radius 1 is 1.21 bits per heavy atom. The summed E-state index contributed by atoms with van der Waals surface area (Å²) < 4.78 is 0.996. The van der Waals surface area contributed by atoms with Gasteiger partial charge in [0.05, 0.1) is 0 Å². The molecule has 0 amide bonds. The molecule has 2 rings (SSSR count). The van der Waals surface area contributed by atoms with Crippen molar-refractivity contribution < 1.29 is 4.79 Å². The third kappa shape index (κ3) is 3.50. The summed E-state index contributed by atoms with van der Waals surface area (Å²) in [5, 5.41) is 1.11. The molecule has 0 saturated carbocycles. The number of ketones is 1. The van der Waals surface area contributed by atoms with E-state index in [0.29, 0.717) is 10.0 Å². The second kappa shape index (κ2) is 6.25. The van der Waals surface area contributed by atoms with E-state index >= 15 is 0 Å². The minimum atomic E-state index is 0.0670. The summed E-state index contributed by atoms with van der Waals surface area (Å²) in [4.78, 5) is 12.3. The van der Waals surface area contributed by atoms with E-state index in [0.717, 1.165) is 20.3 Å². The van der Waals surface area contributed by atoms with Crippen molar-refractivity contribution in [1.29, 1.82) is 0 Å². The Morgan fingerprint density at radius 3 is 2.63 bits per heavy atom. The highest BCUT2D eigenvalue weighted by Gasteiger charge is 2.13. The zero-order chi connectivity index (χ0) is 14.0. The lowest BCUT2D eigenvalue weighted by Crippen LogP contribution is -2.07. The lowest BCUT2D eigenvalue weighted by molar-refractivity contribution is 0.0992. The van der Waals surface area contributed by atoms with Crippen LogP contribution in [0, 0.1) is 10.5 Å². The van der Waals surface area contributed by atoms with Gasteiger partial charge in [0.15, 0.2) is 5.78 Å². The average Bonchev–Trinajstić information content (AvgIpc) is 2.36. The van der Waals surface area contributed by atoms with Crippen molar-refractivity contribution in [3.05, 3.63) is 66.7 Å². The molecule has 2 aromatic rings. The fraction of sp³-hybridized carbons (Fsp3) is 0.133. The van der Waals surface area contributed by atoms with Gasteiger partial charge in [0, 0.05) is 25.6 Å². The fourth-order valence-corrected chi connectivity index (χ4v) is 2.93. The van der Waals surface area contributed by atoms with Crippen LogP contribution in [0.3, 0.4) is 0 Å². The van der Waals surface area contributed by atoms with E-state index in [-0.39, 0.29) is 12.2 Å². The number of carbonyl (C=O) groups is 1. The number of carbonyl (C=O) groups excluding carboxylic acids is 1. The lowest BCUT2D eigenvalue weighted by atomic mass is 10.0. The Hall–Kier alpha value is -0.580. The molecule has 0 fully saturated rings. The van der Waals surface area contributed by atoms with Crippen molar-refractivity contribution in [2.24, 2.45) is 0 Å². The van der Waals surface area contributed by atoms with Gasteiger partial charge in [0.1, 0.15) is 0 Å². The second-order valence-electron chi connectivity index (χ2n) is 4.27. The topological polar surface area (TPSA) is 17.1 Å². The molecule has 2 aromatic carbocycles. The predicted molar refractivity (Wildman–Crippen MR) is 88.4 cm³/mol. The molecular weight excluding hydrogens is 394 g/mol. The Kier molecular flexibility index (Phi) is 4.87. The van der Waals surface area contributed by atoms with Gasteiger partial charge in [0.25, 0.3) is 0 Å². The molecule has 0 atom stereocenters. The summed E-state index contributed by atoms with van der Waals surface area (Å²) in [6, 6.07) is 10.9. The number of hydrogen-bond acceptors (Lipinski definition) is 1. The number of benzene rings is 2. The van der Waals surface area contributed by atoms with Gasteiger partial charge in [-0.15, -0.1) is 0 Å². The monoisotopic (exact) mass is 404 g/mol. The van der Waals surface area contributed by atoms with Crippen molar-refractivity contribution in [2.45, 2.75) is 13.3 Å². The van der Waals surface area contributed by atoms with E-state index in [1.54, 1.807) is 18.2 Å². The van der Waals surface area contributed by atoms with Crippen LogP contribution < -0.4 is 0 Å². The Labute approximate surface area is 136 Å². The second-order valence-corrected chi connectivity index (χ2v) is 6.19. The maximum Gasteiger partial charge on any atom is 0.168 e. The van der Waals surface area contributed by atoms with Crippen LogP contribution in [-0.2, 0) is 6.42 Å². The maximum atomic E-state index is 12.3. The van der Waals surface area contributed by atoms with Crippen LogP contribution in [0.25, 0.3) is 0 Å². The molecule has 0 N–H and O–H groups in total. The highest BCUT2D eigenvalue weighted by molar-refractivity contribution is 14.1. The average molecular weight is 405 g/mol. The molecule has 0 aliphatic carbocycles. The molecule has 0 bridgehead atoms.